The van der Waals surface area contributed by atoms with Gasteiger partial charge in [-0.15, -0.1) is 11.3 Å². The third-order valence-corrected chi connectivity index (χ3v) is 6.95. The minimum Gasteiger partial charge on any atom is -0.461 e. The van der Waals surface area contributed by atoms with E-state index in [0.29, 0.717) is 17.5 Å². The fourth-order valence-electron chi connectivity index (χ4n) is 4.13. The average molecular weight is 487 g/mol. The number of hydrogen-bond acceptors (Lipinski definition) is 6. The fraction of sp³-hybridized carbons (Fsp3) is 0.480. The van der Waals surface area contributed by atoms with Crippen LogP contribution in [0.5, 0.6) is 0 Å². The van der Waals surface area contributed by atoms with Gasteiger partial charge in [-0.25, -0.2) is 4.79 Å². The molecule has 0 radical (unpaired) electrons. The van der Waals surface area contributed by atoms with Crippen LogP contribution in [0, 0.1) is 5.92 Å². The molecule has 2 aromatic rings. The van der Waals surface area contributed by atoms with Gasteiger partial charge >= 0.3 is 12.0 Å². The van der Waals surface area contributed by atoms with Crippen molar-refractivity contribution in [2.75, 3.05) is 11.9 Å². The van der Waals surface area contributed by atoms with Crippen molar-refractivity contribution in [2.45, 2.75) is 64.5 Å². The van der Waals surface area contributed by atoms with Gasteiger partial charge in [-0.3, -0.25) is 14.9 Å². The lowest BCUT2D eigenvalue weighted by molar-refractivity contribution is -0.151. The first kappa shape index (κ1) is 25.7. The molecule has 1 saturated carbocycles. The minimum absolute atomic E-state index is 0.0718. The summed E-state index contributed by atoms with van der Waals surface area (Å²) in [6.07, 6.45) is 5.78. The van der Waals surface area contributed by atoms with Crippen molar-refractivity contribution < 1.29 is 19.1 Å². The number of rotatable bonds is 11. The maximum atomic E-state index is 12.7. The number of ether oxygens (including phenoxy) is 1. The molecule has 0 spiro atoms. The highest BCUT2D eigenvalue weighted by Gasteiger charge is 2.25. The predicted molar refractivity (Wildman–Crippen MR) is 135 cm³/mol. The number of anilines is 1. The van der Waals surface area contributed by atoms with Crippen LogP contribution in [-0.2, 0) is 16.0 Å². The molecule has 8 nitrogen and oxygen atoms in total. The van der Waals surface area contributed by atoms with E-state index >= 15 is 0 Å². The Morgan fingerprint density at radius 2 is 1.79 bits per heavy atom. The lowest BCUT2D eigenvalue weighted by atomic mass is 10.0. The van der Waals surface area contributed by atoms with E-state index in [0.717, 1.165) is 54.5 Å². The normalized spacial score (nSPS) is 14.8. The van der Waals surface area contributed by atoms with E-state index in [2.05, 4.69) is 24.5 Å². The zero-order valence-electron chi connectivity index (χ0n) is 19.8. The summed E-state index contributed by atoms with van der Waals surface area (Å²) in [5.41, 5.74) is 12.9. The van der Waals surface area contributed by atoms with Crippen LogP contribution in [-0.4, -0.2) is 36.6 Å². The minimum atomic E-state index is -0.748. The maximum Gasteiger partial charge on any atom is 0.323 e. The van der Waals surface area contributed by atoms with Crippen LogP contribution < -0.4 is 22.1 Å². The maximum absolute atomic E-state index is 12.7. The summed E-state index contributed by atoms with van der Waals surface area (Å²) in [7, 11) is 0. The fourth-order valence-corrected chi connectivity index (χ4v) is 5.21. The van der Waals surface area contributed by atoms with Gasteiger partial charge in [0.25, 0.3) is 5.91 Å². The molecule has 34 heavy (non-hydrogen) atoms. The van der Waals surface area contributed by atoms with Crippen LogP contribution in [0.2, 0.25) is 0 Å². The van der Waals surface area contributed by atoms with Gasteiger partial charge in [0.2, 0.25) is 0 Å². The summed E-state index contributed by atoms with van der Waals surface area (Å²) in [5.74, 6) is -0.381. The first-order valence-corrected chi connectivity index (χ1v) is 12.6. The highest BCUT2D eigenvalue weighted by Crippen LogP contribution is 2.35. The van der Waals surface area contributed by atoms with E-state index in [1.807, 2.05) is 24.3 Å². The van der Waals surface area contributed by atoms with Gasteiger partial charge < -0.3 is 21.5 Å². The standard InChI is InChI=1S/C25H34N4O4S/c1-15(2)13-20(24(31)33-18-5-3-4-6-18)28-12-11-16-7-9-17(10-8-16)21-14-19(22(26)30)23(34-21)29-25(27)32/h7-10,14-15,18,20,28H,3-6,11-13H2,1-2H3,(H2,26,30)(H3,27,29,32)/t20-/m0/s1. The molecule has 1 fully saturated rings. The Hall–Kier alpha value is -2.91. The van der Waals surface area contributed by atoms with Gasteiger partial charge in [0.05, 0.1) is 5.56 Å². The number of carbonyl (C=O) groups is 3. The molecule has 0 bridgehead atoms. The number of nitrogens with two attached hydrogens (primary N) is 2. The number of primary amides is 2. The van der Waals surface area contributed by atoms with E-state index in [9.17, 15) is 14.4 Å². The van der Waals surface area contributed by atoms with Crippen LogP contribution in [0.4, 0.5) is 9.80 Å². The molecule has 1 aliphatic carbocycles. The molecule has 6 N–H and O–H groups in total. The van der Waals surface area contributed by atoms with Gasteiger partial charge in [0.15, 0.2) is 0 Å². The van der Waals surface area contributed by atoms with Crippen molar-refractivity contribution in [1.29, 1.82) is 0 Å². The van der Waals surface area contributed by atoms with Crippen LogP contribution in [0.1, 0.15) is 61.9 Å². The van der Waals surface area contributed by atoms with Crippen LogP contribution in [0.15, 0.2) is 30.3 Å². The highest BCUT2D eigenvalue weighted by molar-refractivity contribution is 7.20. The lowest BCUT2D eigenvalue weighted by Crippen LogP contribution is -2.41. The monoisotopic (exact) mass is 486 g/mol. The number of benzene rings is 1. The van der Waals surface area contributed by atoms with Crippen molar-refractivity contribution in [3.8, 4) is 10.4 Å². The highest BCUT2D eigenvalue weighted by atomic mass is 32.1. The summed E-state index contributed by atoms with van der Waals surface area (Å²) in [4.78, 5) is 36.4. The Balaban J connectivity index is 1.58. The number of thiophene rings is 1. The molecule has 1 aromatic carbocycles. The second-order valence-corrected chi connectivity index (χ2v) is 10.2. The molecule has 9 heteroatoms. The lowest BCUT2D eigenvalue weighted by Gasteiger charge is -2.21. The van der Waals surface area contributed by atoms with E-state index in [-0.39, 0.29) is 23.7 Å². The third-order valence-electron chi connectivity index (χ3n) is 5.85. The second-order valence-electron chi connectivity index (χ2n) is 9.13. The quantitative estimate of drug-likeness (QED) is 0.355. The number of hydrogen-bond donors (Lipinski definition) is 4. The number of nitrogens with one attached hydrogen (secondary N) is 2. The van der Waals surface area contributed by atoms with E-state index in [4.69, 9.17) is 16.2 Å². The molecular weight excluding hydrogens is 452 g/mol. The molecule has 0 saturated heterocycles. The topological polar surface area (TPSA) is 137 Å². The van der Waals surface area contributed by atoms with Crippen molar-refractivity contribution >= 4 is 34.2 Å². The van der Waals surface area contributed by atoms with E-state index in [1.165, 1.54) is 11.3 Å². The van der Waals surface area contributed by atoms with Crippen molar-refractivity contribution in [1.82, 2.24) is 5.32 Å². The summed E-state index contributed by atoms with van der Waals surface area (Å²) < 4.78 is 5.73. The molecule has 1 atom stereocenters. The predicted octanol–water partition coefficient (Wildman–Crippen LogP) is 4.04. The largest absolute Gasteiger partial charge is 0.461 e. The number of carbonyl (C=O) groups excluding carboxylic acids is 3. The summed E-state index contributed by atoms with van der Waals surface area (Å²) >= 11 is 1.24. The Morgan fingerprint density at radius 3 is 2.38 bits per heavy atom. The van der Waals surface area contributed by atoms with Crippen LogP contribution >= 0.6 is 11.3 Å². The average Bonchev–Trinajstić information content (AvgIpc) is 3.43. The van der Waals surface area contributed by atoms with Crippen molar-refractivity contribution in [2.24, 2.45) is 17.4 Å². The van der Waals surface area contributed by atoms with Gasteiger partial charge in [0.1, 0.15) is 17.1 Å². The molecule has 184 valence electrons. The van der Waals surface area contributed by atoms with Crippen molar-refractivity contribution in [3.63, 3.8) is 0 Å². The van der Waals surface area contributed by atoms with E-state index < -0.39 is 11.9 Å². The SMILES string of the molecule is CC(C)C[C@H](NCCc1ccc(-c2cc(C(N)=O)c(NC(N)=O)s2)cc1)C(=O)OC1CCCC1. The Morgan fingerprint density at radius 1 is 1.12 bits per heavy atom. The Bertz CT molecular complexity index is 997. The Kier molecular flexibility index (Phi) is 9.06. The number of amides is 3. The zero-order chi connectivity index (χ0) is 24.7. The molecule has 3 rings (SSSR count). The van der Waals surface area contributed by atoms with Crippen LogP contribution in [0.25, 0.3) is 10.4 Å². The smallest absolute Gasteiger partial charge is 0.323 e. The molecule has 0 aliphatic heterocycles. The van der Waals surface area contributed by atoms with Crippen molar-refractivity contribution in [3.05, 3.63) is 41.5 Å². The molecule has 1 heterocycles. The zero-order valence-corrected chi connectivity index (χ0v) is 20.6. The van der Waals surface area contributed by atoms with E-state index in [1.54, 1.807) is 6.07 Å². The van der Waals surface area contributed by atoms with Gasteiger partial charge in [-0.1, -0.05) is 38.1 Å². The van der Waals surface area contributed by atoms with Gasteiger partial charge in [0, 0.05) is 4.88 Å². The first-order chi connectivity index (χ1) is 16.2. The number of urea groups is 1. The molecular formula is C25H34N4O4S. The van der Waals surface area contributed by atoms with Gasteiger partial charge in [-0.05, 0) is 68.2 Å². The van der Waals surface area contributed by atoms with Gasteiger partial charge in [-0.2, -0.15) is 0 Å². The number of esters is 1. The third kappa shape index (κ3) is 7.30. The molecule has 3 amide bonds. The second kappa shape index (κ2) is 12.0. The molecule has 1 aromatic heterocycles. The first-order valence-electron chi connectivity index (χ1n) is 11.8. The molecule has 1 aliphatic rings. The Labute approximate surface area is 204 Å². The summed E-state index contributed by atoms with van der Waals surface area (Å²) in [5, 5.41) is 6.17. The summed E-state index contributed by atoms with van der Waals surface area (Å²) in [6.45, 7) is 4.87. The summed E-state index contributed by atoms with van der Waals surface area (Å²) in [6, 6.07) is 8.55. The molecule has 0 unspecified atom stereocenters. The van der Waals surface area contributed by atoms with Crippen LogP contribution in [0.3, 0.4) is 0 Å².